The first-order valence-corrected chi connectivity index (χ1v) is 8.90. The van der Waals surface area contributed by atoms with Gasteiger partial charge < -0.3 is 5.73 Å². The number of thioether (sulfide) groups is 1. The Morgan fingerprint density at radius 1 is 1.58 bits per heavy atom. The number of rotatable bonds is 4. The molecule has 19 heavy (non-hydrogen) atoms. The molecule has 2 heterocycles. The monoisotopic (exact) mass is 317 g/mol. The fourth-order valence-electron chi connectivity index (χ4n) is 1.91. The number of nitrogens with two attached hydrogens (primary N) is 1. The lowest BCUT2D eigenvalue weighted by Crippen LogP contribution is -2.39. The second kappa shape index (κ2) is 6.17. The average molecular weight is 317 g/mol. The summed E-state index contributed by atoms with van der Waals surface area (Å²) < 4.78 is 27.4. The Kier molecular flexibility index (Phi) is 4.77. The maximum atomic E-state index is 12.4. The summed E-state index contributed by atoms with van der Waals surface area (Å²) in [5.74, 6) is 1.88. The molecule has 0 aromatic carbocycles. The Morgan fingerprint density at radius 2 is 2.37 bits per heavy atom. The minimum atomic E-state index is -3.63. The first-order valence-electron chi connectivity index (χ1n) is 5.85. The van der Waals surface area contributed by atoms with E-state index in [1.165, 1.54) is 12.3 Å². The van der Waals surface area contributed by atoms with Gasteiger partial charge in [-0.1, -0.05) is 12.2 Å². The molecule has 0 radical (unpaired) electrons. The van der Waals surface area contributed by atoms with Gasteiger partial charge in [-0.05, 0) is 30.7 Å². The van der Waals surface area contributed by atoms with Gasteiger partial charge in [0.05, 0.1) is 0 Å². The maximum Gasteiger partial charge on any atom is 0.243 e. The van der Waals surface area contributed by atoms with Crippen LogP contribution in [0, 0.1) is 0 Å². The van der Waals surface area contributed by atoms with Crippen molar-refractivity contribution in [3.05, 3.63) is 24.0 Å². The van der Waals surface area contributed by atoms with Crippen LogP contribution in [0.1, 0.15) is 18.5 Å². The first-order chi connectivity index (χ1) is 9.00. The molecule has 1 aromatic rings. The molecule has 2 rings (SSSR count). The van der Waals surface area contributed by atoms with Gasteiger partial charge in [-0.2, -0.15) is 11.8 Å². The third kappa shape index (κ3) is 3.65. The molecule has 1 fully saturated rings. The molecule has 8 heteroatoms. The topological polar surface area (TPSA) is 85.1 Å². The molecule has 1 aliphatic heterocycles. The Hall–Kier alpha value is -0.700. The molecule has 0 bridgehead atoms. The van der Waals surface area contributed by atoms with Crippen molar-refractivity contribution in [2.75, 3.05) is 11.5 Å². The highest BCUT2D eigenvalue weighted by atomic mass is 32.2. The van der Waals surface area contributed by atoms with Crippen LogP contribution >= 0.6 is 24.0 Å². The summed E-state index contributed by atoms with van der Waals surface area (Å²) in [6.07, 6.45) is 3.35. The van der Waals surface area contributed by atoms with Gasteiger partial charge in [0.2, 0.25) is 10.0 Å². The van der Waals surface area contributed by atoms with E-state index in [1.807, 2.05) is 0 Å². The molecule has 5 nitrogen and oxygen atoms in total. The second-order valence-corrected chi connectivity index (χ2v) is 7.52. The summed E-state index contributed by atoms with van der Waals surface area (Å²) in [4.78, 5) is 3.99. The minimum Gasteiger partial charge on any atom is -0.388 e. The minimum absolute atomic E-state index is 0.0148. The normalized spacial score (nSPS) is 20.1. The van der Waals surface area contributed by atoms with Crippen LogP contribution in [0.15, 0.2) is 23.2 Å². The molecular weight excluding hydrogens is 302 g/mol. The van der Waals surface area contributed by atoms with E-state index in [9.17, 15) is 8.42 Å². The van der Waals surface area contributed by atoms with Crippen molar-refractivity contribution in [3.63, 3.8) is 0 Å². The molecule has 0 aliphatic carbocycles. The predicted molar refractivity (Wildman–Crippen MR) is 80.8 cm³/mol. The summed E-state index contributed by atoms with van der Waals surface area (Å²) in [5, 5.41) is 0. The summed E-state index contributed by atoms with van der Waals surface area (Å²) in [6.45, 7) is 0. The van der Waals surface area contributed by atoms with Gasteiger partial charge in [-0.15, -0.1) is 0 Å². The number of sulfonamides is 1. The van der Waals surface area contributed by atoms with Crippen LogP contribution in [-0.2, 0) is 10.0 Å². The number of hydrogen-bond donors (Lipinski definition) is 2. The van der Waals surface area contributed by atoms with Crippen LogP contribution in [0.4, 0.5) is 0 Å². The predicted octanol–water partition coefficient (Wildman–Crippen LogP) is 0.890. The van der Waals surface area contributed by atoms with Crippen molar-refractivity contribution < 1.29 is 8.42 Å². The Balaban J connectivity index is 2.26. The highest BCUT2D eigenvalue weighted by Gasteiger charge is 2.25. The van der Waals surface area contributed by atoms with Gasteiger partial charge in [0.25, 0.3) is 0 Å². The molecule has 0 amide bonds. The second-order valence-electron chi connectivity index (χ2n) is 4.25. The fraction of sp³-hybridized carbons (Fsp3) is 0.455. The van der Waals surface area contributed by atoms with Gasteiger partial charge in [0.1, 0.15) is 15.6 Å². The number of aromatic nitrogens is 1. The van der Waals surface area contributed by atoms with Crippen molar-refractivity contribution in [2.45, 2.75) is 23.8 Å². The highest BCUT2D eigenvalue weighted by molar-refractivity contribution is 7.99. The number of hydrogen-bond acceptors (Lipinski definition) is 5. The number of nitrogens with zero attached hydrogens (tertiary/aromatic N) is 1. The van der Waals surface area contributed by atoms with Gasteiger partial charge >= 0.3 is 0 Å². The highest BCUT2D eigenvalue weighted by Crippen LogP contribution is 2.20. The Morgan fingerprint density at radius 3 is 3.00 bits per heavy atom. The summed E-state index contributed by atoms with van der Waals surface area (Å²) >= 11 is 6.60. The smallest absolute Gasteiger partial charge is 0.243 e. The summed E-state index contributed by atoms with van der Waals surface area (Å²) in [6, 6.07) is 2.99. The van der Waals surface area contributed by atoms with E-state index in [4.69, 9.17) is 18.0 Å². The van der Waals surface area contributed by atoms with Crippen molar-refractivity contribution in [1.82, 2.24) is 9.71 Å². The third-order valence-electron chi connectivity index (χ3n) is 2.78. The average Bonchev–Trinajstić information content (AvgIpc) is 2.39. The van der Waals surface area contributed by atoms with Gasteiger partial charge in [-0.3, -0.25) is 4.98 Å². The van der Waals surface area contributed by atoms with E-state index >= 15 is 0 Å². The van der Waals surface area contributed by atoms with Gasteiger partial charge in [-0.25, -0.2) is 13.1 Å². The molecule has 104 valence electrons. The van der Waals surface area contributed by atoms with E-state index in [0.29, 0.717) is 0 Å². The van der Waals surface area contributed by atoms with E-state index in [-0.39, 0.29) is 21.6 Å². The molecular formula is C11H15N3O2S3. The van der Waals surface area contributed by atoms with Crippen LogP contribution < -0.4 is 10.5 Å². The zero-order valence-corrected chi connectivity index (χ0v) is 12.7. The molecule has 1 aliphatic rings. The zero-order valence-electron chi connectivity index (χ0n) is 10.2. The van der Waals surface area contributed by atoms with Crippen LogP contribution in [0.5, 0.6) is 0 Å². The molecule has 0 spiro atoms. The lowest BCUT2D eigenvalue weighted by molar-refractivity contribution is 0.542. The lowest BCUT2D eigenvalue weighted by atomic mass is 10.2. The standard InChI is InChI=1S/C11H15N3O2S3/c12-11(17)10-9(4-1-5-13-10)19(15,16)14-8-3-2-6-18-7-8/h1,4-5,8,14H,2-3,6-7H2,(H2,12,17). The SMILES string of the molecule is NC(=S)c1ncccc1S(=O)(=O)NC1CCCSC1. The van der Waals surface area contributed by atoms with Crippen molar-refractivity contribution >= 4 is 39.0 Å². The summed E-state index contributed by atoms with van der Waals surface area (Å²) in [5.41, 5.74) is 5.66. The number of nitrogens with one attached hydrogen (secondary N) is 1. The van der Waals surface area contributed by atoms with Crippen LogP contribution in [0.3, 0.4) is 0 Å². The van der Waals surface area contributed by atoms with Crippen LogP contribution in [-0.4, -0.2) is 35.9 Å². The van der Waals surface area contributed by atoms with Gasteiger partial charge in [0.15, 0.2) is 0 Å². The largest absolute Gasteiger partial charge is 0.388 e. The molecule has 3 N–H and O–H groups in total. The van der Waals surface area contributed by atoms with Crippen molar-refractivity contribution in [1.29, 1.82) is 0 Å². The quantitative estimate of drug-likeness (QED) is 0.802. The van der Waals surface area contributed by atoms with Crippen LogP contribution in [0.2, 0.25) is 0 Å². The fourth-order valence-corrected chi connectivity index (χ4v) is 4.76. The van der Waals surface area contributed by atoms with E-state index in [1.54, 1.807) is 17.8 Å². The van der Waals surface area contributed by atoms with Crippen molar-refractivity contribution in [2.24, 2.45) is 5.73 Å². The third-order valence-corrected chi connectivity index (χ3v) is 5.74. The van der Waals surface area contributed by atoms with E-state index in [0.717, 1.165) is 24.3 Å². The maximum absolute atomic E-state index is 12.4. The van der Waals surface area contributed by atoms with Crippen LogP contribution in [0.25, 0.3) is 0 Å². The molecule has 0 saturated carbocycles. The molecule has 1 aromatic heterocycles. The zero-order chi connectivity index (χ0) is 13.9. The van der Waals surface area contributed by atoms with Gasteiger partial charge in [0, 0.05) is 18.0 Å². The summed E-state index contributed by atoms with van der Waals surface area (Å²) in [7, 11) is -3.63. The Labute approximate surface area is 122 Å². The van der Waals surface area contributed by atoms with E-state index in [2.05, 4.69) is 9.71 Å². The number of thiocarbonyl (C=S) groups is 1. The van der Waals surface area contributed by atoms with E-state index < -0.39 is 10.0 Å². The molecule has 1 saturated heterocycles. The lowest BCUT2D eigenvalue weighted by Gasteiger charge is -2.22. The number of pyridine rings is 1. The molecule has 1 unspecified atom stereocenters. The van der Waals surface area contributed by atoms with Crippen molar-refractivity contribution in [3.8, 4) is 0 Å². The molecule has 1 atom stereocenters. The first kappa shape index (κ1) is 14.7. The Bertz CT molecular complexity index is 568.